The van der Waals surface area contributed by atoms with Gasteiger partial charge in [0, 0.05) is 5.92 Å². The number of methoxy groups -OCH3 is 1. The summed E-state index contributed by atoms with van der Waals surface area (Å²) >= 11 is 0. The second-order valence-corrected chi connectivity index (χ2v) is 4.80. The first-order valence-electron chi connectivity index (χ1n) is 5.97. The van der Waals surface area contributed by atoms with Crippen molar-refractivity contribution in [3.8, 4) is 0 Å². The van der Waals surface area contributed by atoms with Crippen LogP contribution in [0.3, 0.4) is 0 Å². The molecule has 94 valence electrons. The number of ether oxygens (including phenoxy) is 1. The van der Waals surface area contributed by atoms with Crippen LogP contribution in [0.15, 0.2) is 18.5 Å². The molecule has 1 saturated carbocycles. The van der Waals surface area contributed by atoms with Gasteiger partial charge in [-0.3, -0.25) is 0 Å². The predicted octanol–water partition coefficient (Wildman–Crippen LogP) is 2.08. The van der Waals surface area contributed by atoms with Crippen LogP contribution in [-0.2, 0) is 4.74 Å². The summed E-state index contributed by atoms with van der Waals surface area (Å²) in [6.07, 6.45) is 7.50. The minimum atomic E-state index is -0.755. The molecule has 0 N–H and O–H groups in total. The van der Waals surface area contributed by atoms with Gasteiger partial charge in [0.15, 0.2) is 11.5 Å². The van der Waals surface area contributed by atoms with Gasteiger partial charge in [-0.25, -0.2) is 19.2 Å². The number of carbonyl (C=O) groups is 1. The van der Waals surface area contributed by atoms with Crippen molar-refractivity contribution in [2.75, 3.05) is 7.11 Å². The smallest absolute Gasteiger partial charge is 0.359 e. The maximum absolute atomic E-state index is 14.2. The van der Waals surface area contributed by atoms with Crippen molar-refractivity contribution in [3.05, 3.63) is 35.7 Å². The Balaban J connectivity index is 1.98. The molecule has 0 saturated heterocycles. The first-order chi connectivity index (χ1) is 8.70. The highest BCUT2D eigenvalue weighted by atomic mass is 19.1. The standard InChI is InChI=1S/C13H13FN2O2/c1-18-13(17)12-10(14)11(15-6-16-12)9-5-7-2-3-8(9)4-7/h2-3,6-9H,4-5H2,1H3. The van der Waals surface area contributed by atoms with Gasteiger partial charge in [-0.1, -0.05) is 12.2 Å². The highest BCUT2D eigenvalue weighted by Crippen LogP contribution is 2.48. The topological polar surface area (TPSA) is 52.1 Å². The van der Waals surface area contributed by atoms with E-state index in [0.29, 0.717) is 17.5 Å². The Morgan fingerprint density at radius 1 is 1.39 bits per heavy atom. The summed E-state index contributed by atoms with van der Waals surface area (Å²) in [5.74, 6) is -0.461. The predicted molar refractivity (Wildman–Crippen MR) is 61.4 cm³/mol. The van der Waals surface area contributed by atoms with Crippen LogP contribution < -0.4 is 0 Å². The normalized spacial score (nSPS) is 28.7. The molecule has 0 amide bonds. The van der Waals surface area contributed by atoms with Gasteiger partial charge < -0.3 is 4.74 Å². The second-order valence-electron chi connectivity index (χ2n) is 4.80. The first kappa shape index (κ1) is 11.3. The Morgan fingerprint density at radius 2 is 2.22 bits per heavy atom. The molecule has 1 heterocycles. The monoisotopic (exact) mass is 248 g/mol. The molecule has 0 spiro atoms. The lowest BCUT2D eigenvalue weighted by Crippen LogP contribution is -2.15. The molecular weight excluding hydrogens is 235 g/mol. The van der Waals surface area contributed by atoms with Crippen molar-refractivity contribution in [3.63, 3.8) is 0 Å². The van der Waals surface area contributed by atoms with Crippen molar-refractivity contribution < 1.29 is 13.9 Å². The number of nitrogens with zero attached hydrogens (tertiary/aromatic N) is 2. The van der Waals surface area contributed by atoms with Crippen molar-refractivity contribution in [1.29, 1.82) is 0 Å². The fourth-order valence-corrected chi connectivity index (χ4v) is 2.98. The van der Waals surface area contributed by atoms with Crippen LogP contribution in [0.1, 0.15) is 34.9 Å². The van der Waals surface area contributed by atoms with Crippen LogP contribution >= 0.6 is 0 Å². The number of hydrogen-bond acceptors (Lipinski definition) is 4. The van der Waals surface area contributed by atoms with Crippen LogP contribution in [0.4, 0.5) is 4.39 Å². The number of aromatic nitrogens is 2. The number of rotatable bonds is 2. The van der Waals surface area contributed by atoms with Crippen LogP contribution in [0.5, 0.6) is 0 Å². The van der Waals surface area contributed by atoms with Crippen LogP contribution in [0.2, 0.25) is 0 Å². The summed E-state index contributed by atoms with van der Waals surface area (Å²) < 4.78 is 18.7. The Morgan fingerprint density at radius 3 is 2.83 bits per heavy atom. The number of allylic oxidation sites excluding steroid dienone is 2. The van der Waals surface area contributed by atoms with E-state index >= 15 is 0 Å². The molecule has 4 nitrogen and oxygen atoms in total. The molecule has 2 aliphatic rings. The summed E-state index contributed by atoms with van der Waals surface area (Å²) in [6, 6.07) is 0. The zero-order valence-electron chi connectivity index (χ0n) is 9.97. The van der Waals surface area contributed by atoms with E-state index in [2.05, 4.69) is 26.9 Å². The van der Waals surface area contributed by atoms with E-state index in [0.717, 1.165) is 12.8 Å². The molecule has 3 rings (SSSR count). The third-order valence-corrected chi connectivity index (χ3v) is 3.83. The van der Waals surface area contributed by atoms with Crippen molar-refractivity contribution in [2.45, 2.75) is 18.8 Å². The molecule has 0 aromatic carbocycles. The fraction of sp³-hybridized carbons (Fsp3) is 0.462. The summed E-state index contributed by atoms with van der Waals surface area (Å²) in [5.41, 5.74) is 0.0801. The van der Waals surface area contributed by atoms with Gasteiger partial charge >= 0.3 is 5.97 Å². The molecule has 18 heavy (non-hydrogen) atoms. The van der Waals surface area contributed by atoms with Crippen molar-refractivity contribution >= 4 is 5.97 Å². The minimum Gasteiger partial charge on any atom is -0.464 e. The number of hydrogen-bond donors (Lipinski definition) is 0. The molecule has 3 atom stereocenters. The van der Waals surface area contributed by atoms with Crippen LogP contribution in [0.25, 0.3) is 0 Å². The van der Waals surface area contributed by atoms with E-state index in [1.54, 1.807) is 0 Å². The Hall–Kier alpha value is -1.78. The zero-order valence-corrected chi connectivity index (χ0v) is 9.97. The summed E-state index contributed by atoms with van der Waals surface area (Å²) in [5, 5.41) is 0. The molecule has 1 aromatic heterocycles. The lowest BCUT2D eigenvalue weighted by molar-refractivity contribution is 0.0587. The molecule has 0 radical (unpaired) electrons. The van der Waals surface area contributed by atoms with E-state index < -0.39 is 11.8 Å². The van der Waals surface area contributed by atoms with Gasteiger partial charge in [-0.15, -0.1) is 0 Å². The minimum absolute atomic E-state index is 0.0615. The lowest BCUT2D eigenvalue weighted by atomic mass is 9.90. The van der Waals surface area contributed by atoms with Gasteiger partial charge in [-0.05, 0) is 24.7 Å². The largest absolute Gasteiger partial charge is 0.464 e. The first-order valence-corrected chi connectivity index (χ1v) is 5.97. The number of halogens is 1. The molecule has 3 unspecified atom stereocenters. The van der Waals surface area contributed by atoms with Crippen molar-refractivity contribution in [1.82, 2.24) is 9.97 Å². The van der Waals surface area contributed by atoms with Crippen LogP contribution in [0, 0.1) is 17.7 Å². The molecule has 5 heteroatoms. The highest BCUT2D eigenvalue weighted by Gasteiger charge is 2.39. The average Bonchev–Trinajstić information content (AvgIpc) is 3.00. The van der Waals surface area contributed by atoms with Gasteiger partial charge in [0.05, 0.1) is 12.8 Å². The van der Waals surface area contributed by atoms with E-state index in [1.165, 1.54) is 13.4 Å². The van der Waals surface area contributed by atoms with Crippen LogP contribution in [-0.4, -0.2) is 23.0 Å². The molecule has 1 fully saturated rings. The van der Waals surface area contributed by atoms with Gasteiger partial charge in [-0.2, -0.15) is 0 Å². The van der Waals surface area contributed by atoms with Gasteiger partial charge in [0.25, 0.3) is 0 Å². The van der Waals surface area contributed by atoms with E-state index in [1.807, 2.05) is 0 Å². The third kappa shape index (κ3) is 1.62. The third-order valence-electron chi connectivity index (χ3n) is 3.83. The maximum atomic E-state index is 14.2. The van der Waals surface area contributed by atoms with Gasteiger partial charge in [0.2, 0.25) is 0 Å². The van der Waals surface area contributed by atoms with E-state index in [4.69, 9.17) is 0 Å². The Bertz CT molecular complexity index is 530. The summed E-state index contributed by atoms with van der Waals surface area (Å²) in [6.45, 7) is 0. The number of esters is 1. The van der Waals surface area contributed by atoms with E-state index in [-0.39, 0.29) is 11.6 Å². The number of carbonyl (C=O) groups excluding carboxylic acids is 1. The van der Waals surface area contributed by atoms with E-state index in [9.17, 15) is 9.18 Å². The van der Waals surface area contributed by atoms with Crippen molar-refractivity contribution in [2.24, 2.45) is 11.8 Å². The molecular formula is C13H13FN2O2. The maximum Gasteiger partial charge on any atom is 0.359 e. The Labute approximate surface area is 104 Å². The molecule has 0 aliphatic heterocycles. The molecule has 2 aliphatic carbocycles. The lowest BCUT2D eigenvalue weighted by Gasteiger charge is -2.18. The quantitative estimate of drug-likeness (QED) is 0.594. The highest BCUT2D eigenvalue weighted by molar-refractivity contribution is 5.87. The number of fused-ring (bicyclic) bond motifs is 2. The molecule has 2 bridgehead atoms. The SMILES string of the molecule is COC(=O)c1ncnc(C2CC3C=CC2C3)c1F. The summed E-state index contributed by atoms with van der Waals surface area (Å²) in [7, 11) is 1.21. The zero-order chi connectivity index (χ0) is 12.7. The second kappa shape index (κ2) is 4.15. The Kier molecular flexibility index (Phi) is 2.61. The fourth-order valence-electron chi connectivity index (χ4n) is 2.98. The van der Waals surface area contributed by atoms with Gasteiger partial charge in [0.1, 0.15) is 6.33 Å². The average molecular weight is 248 g/mol. The summed E-state index contributed by atoms with van der Waals surface area (Å²) in [4.78, 5) is 19.1. The molecule has 1 aromatic rings.